The van der Waals surface area contributed by atoms with Crippen LogP contribution in [0.5, 0.6) is 0 Å². The molecule has 1 rings (SSSR count). The molecule has 0 aromatic heterocycles. The van der Waals surface area contributed by atoms with Crippen molar-refractivity contribution in [2.45, 2.75) is 40.2 Å². The molecular formula is C15H23NO5. The molecule has 1 amide bonds. The van der Waals surface area contributed by atoms with Crippen molar-refractivity contribution >= 4 is 17.8 Å². The fraction of sp³-hybridized carbons (Fsp3) is 0.400. The van der Waals surface area contributed by atoms with Crippen LogP contribution in [-0.4, -0.2) is 28.1 Å². The Hall–Kier alpha value is -2.37. The van der Waals surface area contributed by atoms with Gasteiger partial charge in [0.25, 0.3) is 11.9 Å². The summed E-state index contributed by atoms with van der Waals surface area (Å²) in [5, 5.41) is 17.7. The van der Waals surface area contributed by atoms with Crippen LogP contribution in [0.25, 0.3) is 0 Å². The van der Waals surface area contributed by atoms with E-state index in [9.17, 15) is 4.79 Å². The number of hydrogen-bond acceptors (Lipinski definition) is 3. The molecule has 0 heterocycles. The zero-order valence-corrected chi connectivity index (χ0v) is 12.6. The molecule has 118 valence electrons. The minimum absolute atomic E-state index is 0.131. The molecule has 0 aliphatic carbocycles. The smallest absolute Gasteiger partial charge is 0.300 e. The average Bonchev–Trinajstić information content (AvgIpc) is 2.37. The third-order valence-corrected chi connectivity index (χ3v) is 1.81. The van der Waals surface area contributed by atoms with Gasteiger partial charge in [0.2, 0.25) is 5.91 Å². The largest absolute Gasteiger partial charge is 0.481 e. The number of hydrogen-bond donors (Lipinski definition) is 3. The molecule has 0 fully saturated rings. The second kappa shape index (κ2) is 14.0. The maximum Gasteiger partial charge on any atom is 0.300 e. The van der Waals surface area contributed by atoms with Crippen LogP contribution >= 0.6 is 0 Å². The molecule has 0 atom stereocenters. The standard InChI is InChI=1S/C11H15NO.2C2H4O2/c1-2-6-11(13)12-9-10-7-4-3-5-8-10;2*1-2(3)4/h3-5,7-8H,2,6,9H2,1H3,(H,12,13);2*1H3,(H,3,4). The number of amides is 1. The number of rotatable bonds is 4. The molecule has 0 aliphatic rings. The van der Waals surface area contributed by atoms with Crippen molar-refractivity contribution in [3.8, 4) is 0 Å². The van der Waals surface area contributed by atoms with Crippen molar-refractivity contribution in [1.82, 2.24) is 5.32 Å². The number of aliphatic carboxylic acids is 2. The summed E-state index contributed by atoms with van der Waals surface area (Å²) in [6.45, 7) is 4.81. The summed E-state index contributed by atoms with van der Waals surface area (Å²) >= 11 is 0. The monoisotopic (exact) mass is 297 g/mol. The van der Waals surface area contributed by atoms with E-state index >= 15 is 0 Å². The first-order valence-corrected chi connectivity index (χ1v) is 6.49. The van der Waals surface area contributed by atoms with Crippen LogP contribution < -0.4 is 5.32 Å². The highest BCUT2D eigenvalue weighted by molar-refractivity contribution is 5.75. The van der Waals surface area contributed by atoms with Crippen molar-refractivity contribution in [3.05, 3.63) is 35.9 Å². The van der Waals surface area contributed by atoms with Gasteiger partial charge in [-0.05, 0) is 12.0 Å². The van der Waals surface area contributed by atoms with Gasteiger partial charge >= 0.3 is 0 Å². The van der Waals surface area contributed by atoms with Crippen LogP contribution in [0.4, 0.5) is 0 Å². The van der Waals surface area contributed by atoms with Gasteiger partial charge in [0.15, 0.2) is 0 Å². The topological polar surface area (TPSA) is 104 Å². The second-order valence-corrected chi connectivity index (χ2v) is 4.05. The molecule has 0 saturated carbocycles. The summed E-state index contributed by atoms with van der Waals surface area (Å²) in [5.74, 6) is -1.54. The van der Waals surface area contributed by atoms with E-state index in [1.807, 2.05) is 37.3 Å². The normalized spacial score (nSPS) is 8.33. The fourth-order valence-electron chi connectivity index (χ4n) is 1.11. The predicted molar refractivity (Wildman–Crippen MR) is 79.8 cm³/mol. The zero-order valence-electron chi connectivity index (χ0n) is 12.6. The van der Waals surface area contributed by atoms with Gasteiger partial charge < -0.3 is 15.5 Å². The zero-order chi connectivity index (χ0) is 16.7. The van der Waals surface area contributed by atoms with E-state index in [2.05, 4.69) is 5.32 Å². The Kier molecular flexibility index (Phi) is 14.0. The lowest BCUT2D eigenvalue weighted by molar-refractivity contribution is -0.135. The van der Waals surface area contributed by atoms with E-state index in [0.29, 0.717) is 13.0 Å². The van der Waals surface area contributed by atoms with Gasteiger partial charge in [0.1, 0.15) is 0 Å². The second-order valence-electron chi connectivity index (χ2n) is 4.05. The molecule has 1 aromatic rings. The maximum absolute atomic E-state index is 11.1. The molecule has 0 aliphatic heterocycles. The fourth-order valence-corrected chi connectivity index (χ4v) is 1.11. The van der Waals surface area contributed by atoms with Gasteiger partial charge in [-0.2, -0.15) is 0 Å². The Labute approximate surface area is 124 Å². The number of carbonyl (C=O) groups excluding carboxylic acids is 1. The Morgan fingerprint density at radius 3 is 1.81 bits per heavy atom. The first-order chi connectivity index (χ1) is 9.79. The third kappa shape index (κ3) is 23.2. The van der Waals surface area contributed by atoms with Crippen LogP contribution in [0, 0.1) is 0 Å². The Bertz CT molecular complexity index is 397. The van der Waals surface area contributed by atoms with Gasteiger partial charge in [0, 0.05) is 26.8 Å². The summed E-state index contributed by atoms with van der Waals surface area (Å²) in [6, 6.07) is 9.93. The molecule has 0 spiro atoms. The van der Waals surface area contributed by atoms with E-state index < -0.39 is 11.9 Å². The lowest BCUT2D eigenvalue weighted by atomic mass is 10.2. The number of carbonyl (C=O) groups is 3. The highest BCUT2D eigenvalue weighted by Crippen LogP contribution is 1.97. The Balaban J connectivity index is 0. The molecule has 0 unspecified atom stereocenters. The van der Waals surface area contributed by atoms with Crippen LogP contribution in [0.3, 0.4) is 0 Å². The number of benzene rings is 1. The summed E-state index contributed by atoms with van der Waals surface area (Å²) in [6.07, 6.45) is 1.52. The Morgan fingerprint density at radius 1 is 1.00 bits per heavy atom. The van der Waals surface area contributed by atoms with E-state index in [4.69, 9.17) is 19.8 Å². The molecule has 1 aromatic carbocycles. The van der Waals surface area contributed by atoms with Gasteiger partial charge in [0.05, 0.1) is 0 Å². The van der Waals surface area contributed by atoms with Crippen molar-refractivity contribution in [1.29, 1.82) is 0 Å². The lowest BCUT2D eigenvalue weighted by Crippen LogP contribution is -2.21. The summed E-state index contributed by atoms with van der Waals surface area (Å²) in [7, 11) is 0. The molecule has 21 heavy (non-hydrogen) atoms. The van der Waals surface area contributed by atoms with Crippen molar-refractivity contribution in [3.63, 3.8) is 0 Å². The molecule has 6 heteroatoms. The van der Waals surface area contributed by atoms with Gasteiger partial charge in [-0.3, -0.25) is 14.4 Å². The number of nitrogens with one attached hydrogen (secondary N) is 1. The molecule has 0 radical (unpaired) electrons. The predicted octanol–water partition coefficient (Wildman–Crippen LogP) is 2.28. The average molecular weight is 297 g/mol. The van der Waals surface area contributed by atoms with Gasteiger partial charge in [-0.1, -0.05) is 37.3 Å². The van der Waals surface area contributed by atoms with Gasteiger partial charge in [-0.15, -0.1) is 0 Å². The molecule has 6 nitrogen and oxygen atoms in total. The maximum atomic E-state index is 11.1. The first kappa shape index (κ1) is 20.9. The quantitative estimate of drug-likeness (QED) is 0.791. The van der Waals surface area contributed by atoms with E-state index in [1.165, 1.54) is 0 Å². The first-order valence-electron chi connectivity index (χ1n) is 6.49. The number of carboxylic acid groups (broad SMARTS) is 2. The van der Waals surface area contributed by atoms with Gasteiger partial charge in [-0.25, -0.2) is 0 Å². The summed E-state index contributed by atoms with van der Waals surface area (Å²) < 4.78 is 0. The summed E-state index contributed by atoms with van der Waals surface area (Å²) in [4.78, 5) is 29.1. The highest BCUT2D eigenvalue weighted by Gasteiger charge is 1.97. The van der Waals surface area contributed by atoms with E-state index in [-0.39, 0.29) is 5.91 Å². The Morgan fingerprint density at radius 2 is 1.43 bits per heavy atom. The molecule has 0 saturated heterocycles. The van der Waals surface area contributed by atoms with E-state index in [1.54, 1.807) is 0 Å². The highest BCUT2D eigenvalue weighted by atomic mass is 16.4. The van der Waals surface area contributed by atoms with Crippen molar-refractivity contribution in [2.24, 2.45) is 0 Å². The lowest BCUT2D eigenvalue weighted by Gasteiger charge is -2.03. The van der Waals surface area contributed by atoms with Crippen molar-refractivity contribution in [2.75, 3.05) is 0 Å². The minimum atomic E-state index is -0.833. The van der Waals surface area contributed by atoms with Crippen LogP contribution in [0.2, 0.25) is 0 Å². The SMILES string of the molecule is CC(=O)O.CC(=O)O.CCCC(=O)NCc1ccccc1. The molecular weight excluding hydrogens is 274 g/mol. The molecule has 3 N–H and O–H groups in total. The minimum Gasteiger partial charge on any atom is -0.481 e. The molecule has 0 bridgehead atoms. The van der Waals surface area contributed by atoms with Crippen molar-refractivity contribution < 1.29 is 24.6 Å². The van der Waals surface area contributed by atoms with E-state index in [0.717, 1.165) is 25.8 Å². The van der Waals surface area contributed by atoms with Crippen LogP contribution in [0.15, 0.2) is 30.3 Å². The number of carboxylic acids is 2. The summed E-state index contributed by atoms with van der Waals surface area (Å²) in [5.41, 5.74) is 1.15. The third-order valence-electron chi connectivity index (χ3n) is 1.81. The van der Waals surface area contributed by atoms with Crippen LogP contribution in [-0.2, 0) is 20.9 Å². The van der Waals surface area contributed by atoms with Crippen LogP contribution in [0.1, 0.15) is 39.2 Å².